The molecule has 0 spiro atoms. The molecule has 0 radical (unpaired) electrons. The van der Waals surface area contributed by atoms with Gasteiger partial charge in [0.25, 0.3) is 0 Å². The fourth-order valence-electron chi connectivity index (χ4n) is 4.40. The molecule has 192 valence electrons. The van der Waals surface area contributed by atoms with Gasteiger partial charge in [0.15, 0.2) is 17.2 Å². The van der Waals surface area contributed by atoms with E-state index in [2.05, 4.69) is 20.9 Å². The first kappa shape index (κ1) is 27.1. The molecular formula is C23H23BrF5NO5. The predicted octanol–water partition coefficient (Wildman–Crippen LogP) is 5.72. The van der Waals surface area contributed by atoms with Gasteiger partial charge in [-0.25, -0.2) is 9.18 Å². The Morgan fingerprint density at radius 2 is 1.91 bits per heavy atom. The van der Waals surface area contributed by atoms with Gasteiger partial charge in [0.2, 0.25) is 11.2 Å². The number of alkyl halides is 3. The van der Waals surface area contributed by atoms with E-state index < -0.39 is 64.1 Å². The topological polar surface area (TPSA) is 77.6 Å². The summed E-state index contributed by atoms with van der Waals surface area (Å²) in [6.45, 7) is 4.93. The molecular weight excluding hydrogens is 545 g/mol. The van der Waals surface area contributed by atoms with Crippen molar-refractivity contribution in [2.24, 2.45) is 5.92 Å². The van der Waals surface area contributed by atoms with Gasteiger partial charge in [0, 0.05) is 23.1 Å². The molecule has 1 fully saturated rings. The minimum atomic E-state index is -4.89. The highest BCUT2D eigenvalue weighted by atomic mass is 79.9. The SMILES string of the molecule is CCOC(=O)c1c([C@@H]2O[C@@](C)(C(F)(F)F)[C@@H](C)[C@H]2c2ccc(F)c(F)c2OC)[nH]c(C)c(Br)c1=O. The third-order valence-corrected chi connectivity index (χ3v) is 7.38. The van der Waals surface area contributed by atoms with Gasteiger partial charge in [-0.3, -0.25) is 4.79 Å². The predicted molar refractivity (Wildman–Crippen MR) is 119 cm³/mol. The Kier molecular flexibility index (Phi) is 7.39. The second-order valence-electron chi connectivity index (χ2n) is 8.34. The fraction of sp³-hybridized carbons (Fsp3) is 0.478. The molecule has 3 rings (SSSR count). The molecule has 35 heavy (non-hydrogen) atoms. The lowest BCUT2D eigenvalue weighted by Gasteiger charge is -2.32. The number of benzene rings is 1. The smallest absolute Gasteiger partial charge is 0.417 e. The van der Waals surface area contributed by atoms with Crippen LogP contribution >= 0.6 is 15.9 Å². The summed E-state index contributed by atoms with van der Waals surface area (Å²) in [5.41, 5.74) is -4.33. The largest absolute Gasteiger partial charge is 0.493 e. The van der Waals surface area contributed by atoms with Crippen molar-refractivity contribution in [3.8, 4) is 5.75 Å². The van der Waals surface area contributed by atoms with E-state index in [0.717, 1.165) is 26.2 Å². The third-order valence-electron chi connectivity index (χ3n) is 6.42. The number of carbonyl (C=O) groups excluding carboxylic acids is 1. The molecule has 1 N–H and O–H groups in total. The Balaban J connectivity index is 2.38. The number of aryl methyl sites for hydroxylation is 1. The Labute approximate surface area is 205 Å². The van der Waals surface area contributed by atoms with Gasteiger partial charge in [-0.15, -0.1) is 0 Å². The number of aromatic amines is 1. The van der Waals surface area contributed by atoms with Crippen LogP contribution in [0.1, 0.15) is 60.1 Å². The molecule has 12 heteroatoms. The van der Waals surface area contributed by atoms with E-state index >= 15 is 0 Å². The van der Waals surface area contributed by atoms with Crippen LogP contribution in [-0.4, -0.2) is 36.4 Å². The minimum absolute atomic E-state index is 0.0177. The molecule has 1 aliphatic rings. The first-order valence-corrected chi connectivity index (χ1v) is 11.4. The molecule has 0 bridgehead atoms. The summed E-state index contributed by atoms with van der Waals surface area (Å²) in [5, 5.41) is 0. The molecule has 1 aliphatic heterocycles. The van der Waals surface area contributed by atoms with E-state index in [1.54, 1.807) is 0 Å². The number of ether oxygens (including phenoxy) is 3. The van der Waals surface area contributed by atoms with Crippen molar-refractivity contribution in [3.63, 3.8) is 0 Å². The molecule has 0 saturated carbocycles. The highest BCUT2D eigenvalue weighted by molar-refractivity contribution is 9.10. The number of hydrogen-bond acceptors (Lipinski definition) is 5. The van der Waals surface area contributed by atoms with E-state index in [9.17, 15) is 31.5 Å². The summed E-state index contributed by atoms with van der Waals surface area (Å²) in [6, 6.07) is 1.87. The van der Waals surface area contributed by atoms with Gasteiger partial charge in [0.05, 0.1) is 23.9 Å². The summed E-state index contributed by atoms with van der Waals surface area (Å²) >= 11 is 3.07. The summed E-state index contributed by atoms with van der Waals surface area (Å²) in [6.07, 6.45) is -6.49. The first-order valence-electron chi connectivity index (χ1n) is 10.6. The zero-order chi connectivity index (χ0) is 26.5. The molecule has 1 saturated heterocycles. The number of carbonyl (C=O) groups is 1. The second kappa shape index (κ2) is 9.53. The molecule has 1 aromatic carbocycles. The summed E-state index contributed by atoms with van der Waals surface area (Å²) in [5.74, 6) is -7.01. The second-order valence-corrected chi connectivity index (χ2v) is 9.14. The van der Waals surface area contributed by atoms with Gasteiger partial charge in [-0.1, -0.05) is 13.0 Å². The van der Waals surface area contributed by atoms with Crippen molar-refractivity contribution in [2.75, 3.05) is 13.7 Å². The average Bonchev–Trinajstić information content (AvgIpc) is 3.05. The van der Waals surface area contributed by atoms with Crippen molar-refractivity contribution < 1.29 is 41.0 Å². The number of rotatable bonds is 5. The van der Waals surface area contributed by atoms with Gasteiger partial charge in [-0.05, 0) is 42.8 Å². The molecule has 0 amide bonds. The number of hydrogen-bond donors (Lipinski definition) is 1. The molecule has 2 aromatic rings. The Bertz CT molecular complexity index is 1210. The quantitative estimate of drug-likeness (QED) is 0.369. The van der Waals surface area contributed by atoms with E-state index in [-0.39, 0.29) is 28.0 Å². The van der Waals surface area contributed by atoms with Gasteiger partial charge in [-0.2, -0.15) is 17.6 Å². The number of H-pyrrole nitrogens is 1. The molecule has 4 atom stereocenters. The minimum Gasteiger partial charge on any atom is -0.493 e. The fourth-order valence-corrected chi connectivity index (χ4v) is 4.70. The number of aromatic nitrogens is 1. The normalized spacial score (nSPS) is 24.5. The number of nitrogens with one attached hydrogen (secondary N) is 1. The van der Waals surface area contributed by atoms with E-state index in [4.69, 9.17) is 14.2 Å². The molecule has 0 unspecified atom stereocenters. The van der Waals surface area contributed by atoms with Crippen LogP contribution in [0.25, 0.3) is 0 Å². The van der Waals surface area contributed by atoms with Crippen molar-refractivity contribution >= 4 is 21.9 Å². The maximum absolute atomic E-state index is 14.6. The van der Waals surface area contributed by atoms with Crippen LogP contribution < -0.4 is 10.2 Å². The molecule has 0 aliphatic carbocycles. The number of esters is 1. The molecule has 6 nitrogen and oxygen atoms in total. The van der Waals surface area contributed by atoms with E-state index in [1.165, 1.54) is 20.8 Å². The zero-order valence-electron chi connectivity index (χ0n) is 19.4. The molecule has 2 heterocycles. The Morgan fingerprint density at radius 3 is 2.46 bits per heavy atom. The van der Waals surface area contributed by atoms with Crippen molar-refractivity contribution in [2.45, 2.75) is 51.5 Å². The highest BCUT2D eigenvalue weighted by Crippen LogP contribution is 2.59. The molecule has 1 aromatic heterocycles. The number of pyridine rings is 1. The first-order chi connectivity index (χ1) is 16.2. The van der Waals surface area contributed by atoms with Gasteiger partial charge < -0.3 is 19.2 Å². The van der Waals surface area contributed by atoms with Gasteiger partial charge in [0.1, 0.15) is 11.7 Å². The van der Waals surface area contributed by atoms with Crippen molar-refractivity contribution in [1.29, 1.82) is 0 Å². The third kappa shape index (κ3) is 4.35. The maximum atomic E-state index is 14.6. The average molecular weight is 568 g/mol. The summed E-state index contributed by atoms with van der Waals surface area (Å²) < 4.78 is 86.8. The maximum Gasteiger partial charge on any atom is 0.417 e. The van der Waals surface area contributed by atoms with Crippen LogP contribution in [0.15, 0.2) is 21.4 Å². The van der Waals surface area contributed by atoms with Crippen molar-refractivity contribution in [3.05, 3.63) is 61.0 Å². The lowest BCUT2D eigenvalue weighted by atomic mass is 9.76. The monoisotopic (exact) mass is 567 g/mol. The van der Waals surface area contributed by atoms with E-state index in [0.29, 0.717) is 0 Å². The van der Waals surface area contributed by atoms with Crippen LogP contribution in [0, 0.1) is 24.5 Å². The Hall–Kier alpha value is -2.47. The lowest BCUT2D eigenvalue weighted by Crippen LogP contribution is -2.46. The number of methoxy groups -OCH3 is 1. The van der Waals surface area contributed by atoms with Crippen LogP contribution in [-0.2, 0) is 9.47 Å². The standard InChI is InChI=1S/C23H23BrF5NO5/c1-6-34-21(32)14-17(30-10(3)15(24)18(14)31)20-13(9(2)22(4,35-20)23(27,28)29)11-7-8-12(25)16(26)19(11)33-5/h7-9,13,20H,6H2,1-5H3,(H,30,31)/t9-,13-,20+,22+/m0/s1. The van der Waals surface area contributed by atoms with E-state index in [1.807, 2.05) is 0 Å². The van der Waals surface area contributed by atoms with Crippen LogP contribution in [0.2, 0.25) is 0 Å². The van der Waals surface area contributed by atoms with Crippen LogP contribution in [0.4, 0.5) is 22.0 Å². The highest BCUT2D eigenvalue weighted by Gasteiger charge is 2.65. The van der Waals surface area contributed by atoms with Crippen LogP contribution in [0.3, 0.4) is 0 Å². The Morgan fingerprint density at radius 1 is 1.29 bits per heavy atom. The van der Waals surface area contributed by atoms with Crippen molar-refractivity contribution in [1.82, 2.24) is 4.98 Å². The zero-order valence-corrected chi connectivity index (χ0v) is 21.0. The summed E-state index contributed by atoms with van der Waals surface area (Å²) in [4.78, 5) is 28.5. The van der Waals surface area contributed by atoms with Crippen LogP contribution in [0.5, 0.6) is 5.75 Å². The number of halogens is 6. The summed E-state index contributed by atoms with van der Waals surface area (Å²) in [7, 11) is 1.05. The van der Waals surface area contributed by atoms with Gasteiger partial charge >= 0.3 is 12.1 Å². The lowest BCUT2D eigenvalue weighted by molar-refractivity contribution is -0.275.